The topological polar surface area (TPSA) is 59.9 Å². The van der Waals surface area contributed by atoms with E-state index in [1.807, 2.05) is 36.4 Å². The summed E-state index contributed by atoms with van der Waals surface area (Å²) in [5.41, 5.74) is 12.1. The molecule has 54 heavy (non-hydrogen) atoms. The molecule has 0 saturated heterocycles. The van der Waals surface area contributed by atoms with Crippen molar-refractivity contribution in [1.82, 2.24) is 9.13 Å². The molecule has 5 heteroatoms. The smallest absolute Gasteiger partial charge is 0.160 e. The number of para-hydroxylation sites is 5. The number of nitrogens with zero attached hydrogens (tertiary/aromatic N) is 3. The fourth-order valence-electron chi connectivity index (χ4n) is 8.89. The molecule has 0 aliphatic carbocycles. The highest BCUT2D eigenvalue weighted by Gasteiger charge is 2.23. The molecular formula is C49H27N3O2. The minimum Gasteiger partial charge on any atom is -0.456 e. The Kier molecular flexibility index (Phi) is 5.78. The van der Waals surface area contributed by atoms with Crippen LogP contribution in [0.1, 0.15) is 5.56 Å². The highest BCUT2D eigenvalue weighted by Crippen LogP contribution is 2.44. The van der Waals surface area contributed by atoms with E-state index in [1.54, 1.807) is 0 Å². The molecule has 0 saturated carbocycles. The van der Waals surface area contributed by atoms with Crippen molar-refractivity contribution in [2.24, 2.45) is 0 Å². The monoisotopic (exact) mass is 689 g/mol. The van der Waals surface area contributed by atoms with Gasteiger partial charge in [0.25, 0.3) is 0 Å². The van der Waals surface area contributed by atoms with Gasteiger partial charge in [-0.15, -0.1) is 0 Å². The second kappa shape index (κ2) is 10.7. The van der Waals surface area contributed by atoms with Crippen LogP contribution in [0.25, 0.3) is 110 Å². The molecule has 0 bridgehead atoms. The number of benzene rings is 8. The highest BCUT2D eigenvalue weighted by molar-refractivity contribution is 6.25. The molecule has 5 nitrogen and oxygen atoms in total. The first-order chi connectivity index (χ1) is 26.7. The van der Waals surface area contributed by atoms with E-state index < -0.39 is 0 Å². The van der Waals surface area contributed by atoms with Crippen LogP contribution in [-0.2, 0) is 0 Å². The van der Waals surface area contributed by atoms with Crippen molar-refractivity contribution in [2.45, 2.75) is 0 Å². The first-order valence-corrected chi connectivity index (χ1v) is 18.1. The molecular weight excluding hydrogens is 663 g/mol. The Morgan fingerprint density at radius 2 is 1.06 bits per heavy atom. The normalized spacial score (nSPS) is 12.1. The minimum atomic E-state index is 0.578. The number of rotatable bonds is 3. The summed E-state index contributed by atoms with van der Waals surface area (Å²) in [6.07, 6.45) is 0. The summed E-state index contributed by atoms with van der Waals surface area (Å²) < 4.78 is 17.7. The van der Waals surface area contributed by atoms with Gasteiger partial charge >= 0.3 is 0 Å². The van der Waals surface area contributed by atoms with Gasteiger partial charge in [-0.1, -0.05) is 97.1 Å². The maximum absolute atomic E-state index is 10.6. The molecule has 12 aromatic rings. The lowest BCUT2D eigenvalue weighted by atomic mass is 10.00. The summed E-state index contributed by atoms with van der Waals surface area (Å²) in [6, 6.07) is 59.3. The number of nitriles is 1. The van der Waals surface area contributed by atoms with E-state index in [-0.39, 0.29) is 0 Å². The van der Waals surface area contributed by atoms with E-state index in [0.29, 0.717) is 5.56 Å². The largest absolute Gasteiger partial charge is 0.456 e. The number of fused-ring (bicyclic) bond motifs is 14. The summed E-state index contributed by atoms with van der Waals surface area (Å²) in [4.78, 5) is 0. The Bertz CT molecular complexity index is 3590. The summed E-state index contributed by atoms with van der Waals surface area (Å²) in [6.45, 7) is 0. The molecule has 0 amide bonds. The van der Waals surface area contributed by atoms with Crippen LogP contribution >= 0.6 is 0 Å². The quantitative estimate of drug-likeness (QED) is 0.185. The van der Waals surface area contributed by atoms with Crippen LogP contribution in [0.15, 0.2) is 173 Å². The SMILES string of the molecule is N#Cc1cc(-c2ccccc2-n2c3ccccc3c3ccc4c5ccccc5oc4c32)cc(-n2c3ccccc3c3ccc4oc5ccccc5c4c32)c1. The van der Waals surface area contributed by atoms with Gasteiger partial charge in [-0.2, -0.15) is 5.26 Å². The van der Waals surface area contributed by atoms with Crippen molar-refractivity contribution in [1.29, 1.82) is 5.26 Å². The number of furan rings is 2. The summed E-state index contributed by atoms with van der Waals surface area (Å²) in [5.74, 6) is 0. The lowest BCUT2D eigenvalue weighted by Crippen LogP contribution is -2.00. The van der Waals surface area contributed by atoms with Crippen molar-refractivity contribution in [2.75, 3.05) is 0 Å². The Balaban J connectivity index is 1.18. The van der Waals surface area contributed by atoms with Crippen LogP contribution in [0.4, 0.5) is 0 Å². The van der Waals surface area contributed by atoms with Gasteiger partial charge in [0.05, 0.1) is 44.8 Å². The summed E-state index contributed by atoms with van der Waals surface area (Å²) in [5, 5.41) is 19.4. The van der Waals surface area contributed by atoms with E-state index in [1.165, 1.54) is 0 Å². The van der Waals surface area contributed by atoms with Gasteiger partial charge in [0.1, 0.15) is 16.7 Å². The molecule has 8 aromatic carbocycles. The van der Waals surface area contributed by atoms with Crippen molar-refractivity contribution >= 4 is 87.5 Å². The summed E-state index contributed by atoms with van der Waals surface area (Å²) >= 11 is 0. The first kappa shape index (κ1) is 29.1. The van der Waals surface area contributed by atoms with E-state index in [0.717, 1.165) is 110 Å². The Hall–Kier alpha value is -7.55. The predicted molar refractivity (Wildman–Crippen MR) is 220 cm³/mol. The average molecular weight is 690 g/mol. The van der Waals surface area contributed by atoms with Gasteiger partial charge in [-0.3, -0.25) is 0 Å². The second-order valence-electron chi connectivity index (χ2n) is 14.0. The van der Waals surface area contributed by atoms with Gasteiger partial charge < -0.3 is 18.0 Å². The van der Waals surface area contributed by atoms with E-state index in [9.17, 15) is 5.26 Å². The molecule has 0 N–H and O–H groups in total. The molecule has 0 radical (unpaired) electrons. The van der Waals surface area contributed by atoms with Crippen molar-refractivity contribution in [3.05, 3.63) is 169 Å². The zero-order valence-corrected chi connectivity index (χ0v) is 28.7. The molecule has 4 heterocycles. The molecule has 12 rings (SSSR count). The Morgan fingerprint density at radius 1 is 0.444 bits per heavy atom. The number of hydrogen-bond acceptors (Lipinski definition) is 3. The Labute approximate surface area is 307 Å². The summed E-state index contributed by atoms with van der Waals surface area (Å²) in [7, 11) is 0. The van der Waals surface area contributed by atoms with Crippen LogP contribution < -0.4 is 0 Å². The van der Waals surface area contributed by atoms with Crippen LogP contribution in [0.5, 0.6) is 0 Å². The Morgan fingerprint density at radius 3 is 1.85 bits per heavy atom. The number of aromatic nitrogens is 2. The van der Waals surface area contributed by atoms with Crippen LogP contribution in [-0.4, -0.2) is 9.13 Å². The van der Waals surface area contributed by atoms with E-state index >= 15 is 0 Å². The fourth-order valence-corrected chi connectivity index (χ4v) is 8.89. The molecule has 0 unspecified atom stereocenters. The van der Waals surface area contributed by atoms with Gasteiger partial charge in [-0.25, -0.2) is 0 Å². The van der Waals surface area contributed by atoms with Crippen LogP contribution in [0.3, 0.4) is 0 Å². The van der Waals surface area contributed by atoms with E-state index in [2.05, 4.69) is 143 Å². The third kappa shape index (κ3) is 3.86. The highest BCUT2D eigenvalue weighted by atomic mass is 16.3. The molecule has 0 aliphatic heterocycles. The maximum atomic E-state index is 10.6. The third-order valence-electron chi connectivity index (χ3n) is 11.1. The lowest BCUT2D eigenvalue weighted by molar-refractivity contribution is 0.669. The first-order valence-electron chi connectivity index (χ1n) is 18.1. The minimum absolute atomic E-state index is 0.578. The van der Waals surface area contributed by atoms with Gasteiger partial charge in [0.2, 0.25) is 0 Å². The van der Waals surface area contributed by atoms with Crippen LogP contribution in [0, 0.1) is 11.3 Å². The average Bonchev–Trinajstić information content (AvgIpc) is 3.98. The van der Waals surface area contributed by atoms with Gasteiger partial charge in [0.15, 0.2) is 5.58 Å². The molecule has 250 valence electrons. The third-order valence-corrected chi connectivity index (χ3v) is 11.1. The lowest BCUT2D eigenvalue weighted by Gasteiger charge is -2.16. The van der Waals surface area contributed by atoms with Gasteiger partial charge in [-0.05, 0) is 72.3 Å². The zero-order chi connectivity index (χ0) is 35.5. The molecule has 0 spiro atoms. The molecule has 4 aromatic heterocycles. The maximum Gasteiger partial charge on any atom is 0.160 e. The van der Waals surface area contributed by atoms with Crippen molar-refractivity contribution in [3.8, 4) is 28.6 Å². The second-order valence-corrected chi connectivity index (χ2v) is 14.0. The van der Waals surface area contributed by atoms with E-state index in [4.69, 9.17) is 8.83 Å². The standard InChI is InChI=1S/C49H27N3O2/c50-28-29-25-30(27-31(26-29)51-41-17-7-2-12-33(41)36-23-24-45-46(47(36)51)39-15-5-10-20-44(39)53-45)32-11-1-6-16-40(32)52-42-18-8-3-13-34(42)37-21-22-38-35-14-4-9-19-43(35)54-49(38)48(37)52/h1-27H. The van der Waals surface area contributed by atoms with Crippen molar-refractivity contribution < 1.29 is 8.83 Å². The molecule has 0 atom stereocenters. The van der Waals surface area contributed by atoms with Crippen LogP contribution in [0.2, 0.25) is 0 Å². The van der Waals surface area contributed by atoms with Crippen molar-refractivity contribution in [3.63, 3.8) is 0 Å². The fraction of sp³-hybridized carbons (Fsp3) is 0. The predicted octanol–water partition coefficient (Wildman–Crippen LogP) is 13.2. The number of hydrogen-bond donors (Lipinski definition) is 0. The van der Waals surface area contributed by atoms with Gasteiger partial charge in [0, 0.05) is 49.0 Å². The molecule has 0 aliphatic rings. The molecule has 0 fully saturated rings. The zero-order valence-electron chi connectivity index (χ0n) is 28.7.